The maximum atomic E-state index is 5.50. The third kappa shape index (κ3) is 4.49. The second-order valence-corrected chi connectivity index (χ2v) is 5.50. The highest BCUT2D eigenvalue weighted by molar-refractivity contribution is 4.81. The Labute approximate surface area is 94.6 Å². The van der Waals surface area contributed by atoms with E-state index in [9.17, 15) is 0 Å². The van der Waals surface area contributed by atoms with Gasteiger partial charge in [-0.15, -0.1) is 0 Å². The minimum atomic E-state index is 0.337. The molecule has 3 nitrogen and oxygen atoms in total. The Morgan fingerprint density at radius 1 is 1.00 bits per heavy atom. The quantitative estimate of drug-likeness (QED) is 0.711. The average molecular weight is 213 g/mol. The third-order valence-electron chi connectivity index (χ3n) is 3.25. The molecule has 1 aliphatic heterocycles. The maximum Gasteiger partial charge on any atom is 0.0126 e. The Balaban J connectivity index is 2.18. The summed E-state index contributed by atoms with van der Waals surface area (Å²) in [6.45, 7) is 13.9. The first-order chi connectivity index (χ1) is 7.04. The van der Waals surface area contributed by atoms with E-state index in [1.165, 1.54) is 45.6 Å². The third-order valence-corrected chi connectivity index (χ3v) is 3.25. The molecule has 0 atom stereocenters. The maximum absolute atomic E-state index is 5.50. The van der Waals surface area contributed by atoms with Gasteiger partial charge in [0.1, 0.15) is 0 Å². The molecule has 0 amide bonds. The molecular formula is C12H27N3. The van der Waals surface area contributed by atoms with Crippen molar-refractivity contribution in [1.82, 2.24) is 9.80 Å². The molecule has 90 valence electrons. The topological polar surface area (TPSA) is 32.5 Å². The van der Waals surface area contributed by atoms with Crippen molar-refractivity contribution in [2.45, 2.75) is 39.2 Å². The predicted molar refractivity (Wildman–Crippen MR) is 66.1 cm³/mol. The molecule has 0 spiro atoms. The summed E-state index contributed by atoms with van der Waals surface area (Å²) in [5.41, 5.74) is 5.83. The van der Waals surface area contributed by atoms with Crippen molar-refractivity contribution in [1.29, 1.82) is 0 Å². The molecule has 0 bridgehead atoms. The second kappa shape index (κ2) is 5.83. The smallest absolute Gasteiger partial charge is 0.0126 e. The summed E-state index contributed by atoms with van der Waals surface area (Å²) in [4.78, 5) is 5.14. The summed E-state index contributed by atoms with van der Waals surface area (Å²) in [6.07, 6.45) is 2.42. The lowest BCUT2D eigenvalue weighted by molar-refractivity contribution is 0.0617. The number of hydrogen-bond acceptors (Lipinski definition) is 3. The molecule has 0 aromatic rings. The first-order valence-electron chi connectivity index (χ1n) is 6.21. The Hall–Kier alpha value is -0.120. The van der Waals surface area contributed by atoms with Gasteiger partial charge in [-0.2, -0.15) is 0 Å². The summed E-state index contributed by atoms with van der Waals surface area (Å²) >= 11 is 0. The minimum absolute atomic E-state index is 0.337. The van der Waals surface area contributed by atoms with E-state index in [1.807, 2.05) is 0 Å². The molecule has 0 radical (unpaired) electrons. The molecule has 0 unspecified atom stereocenters. The SMILES string of the molecule is CC(C)(C)N1CCN(CCCCN)CC1. The van der Waals surface area contributed by atoms with Gasteiger partial charge in [0.05, 0.1) is 0 Å². The standard InChI is InChI=1S/C12H27N3/c1-12(2,3)15-10-8-14(9-11-15)7-5-4-6-13/h4-11,13H2,1-3H3. The summed E-state index contributed by atoms with van der Waals surface area (Å²) in [6, 6.07) is 0. The van der Waals surface area contributed by atoms with Crippen LogP contribution >= 0.6 is 0 Å². The number of nitrogens with two attached hydrogens (primary N) is 1. The highest BCUT2D eigenvalue weighted by Crippen LogP contribution is 2.15. The lowest BCUT2D eigenvalue weighted by Crippen LogP contribution is -2.53. The van der Waals surface area contributed by atoms with Crippen molar-refractivity contribution in [3.8, 4) is 0 Å². The van der Waals surface area contributed by atoms with Gasteiger partial charge in [-0.3, -0.25) is 4.90 Å². The van der Waals surface area contributed by atoms with Gasteiger partial charge in [-0.1, -0.05) is 0 Å². The van der Waals surface area contributed by atoms with E-state index in [1.54, 1.807) is 0 Å². The van der Waals surface area contributed by atoms with E-state index < -0.39 is 0 Å². The molecule has 0 aromatic carbocycles. The molecule has 1 heterocycles. The van der Waals surface area contributed by atoms with Gasteiger partial charge in [0, 0.05) is 31.7 Å². The van der Waals surface area contributed by atoms with E-state index in [0.29, 0.717) is 5.54 Å². The van der Waals surface area contributed by atoms with Crippen molar-refractivity contribution in [3.05, 3.63) is 0 Å². The Kier molecular flexibility index (Phi) is 5.03. The summed E-state index contributed by atoms with van der Waals surface area (Å²) in [5.74, 6) is 0. The van der Waals surface area contributed by atoms with Crippen LogP contribution in [0.25, 0.3) is 0 Å². The van der Waals surface area contributed by atoms with E-state index in [2.05, 4.69) is 30.6 Å². The van der Waals surface area contributed by atoms with Crippen LogP contribution < -0.4 is 5.73 Å². The second-order valence-electron chi connectivity index (χ2n) is 5.50. The molecule has 3 heteroatoms. The monoisotopic (exact) mass is 213 g/mol. The van der Waals surface area contributed by atoms with Gasteiger partial charge < -0.3 is 10.6 Å². The predicted octanol–water partition coefficient (Wildman–Crippen LogP) is 1.14. The van der Waals surface area contributed by atoms with Crippen LogP contribution in [0.4, 0.5) is 0 Å². The summed E-state index contributed by atoms with van der Waals surface area (Å²) in [5, 5.41) is 0. The van der Waals surface area contributed by atoms with Gasteiger partial charge in [-0.25, -0.2) is 0 Å². The zero-order valence-corrected chi connectivity index (χ0v) is 10.6. The van der Waals surface area contributed by atoms with Crippen LogP contribution in [0.2, 0.25) is 0 Å². The number of hydrogen-bond donors (Lipinski definition) is 1. The molecule has 0 aliphatic carbocycles. The van der Waals surface area contributed by atoms with Gasteiger partial charge >= 0.3 is 0 Å². The van der Waals surface area contributed by atoms with E-state index in [-0.39, 0.29) is 0 Å². The fourth-order valence-corrected chi connectivity index (χ4v) is 2.12. The Bertz CT molecular complexity index is 166. The normalized spacial score (nSPS) is 20.8. The molecule has 1 rings (SSSR count). The van der Waals surface area contributed by atoms with Gasteiger partial charge in [-0.05, 0) is 46.7 Å². The average Bonchev–Trinajstić information content (AvgIpc) is 2.18. The van der Waals surface area contributed by atoms with Crippen LogP contribution in [0.15, 0.2) is 0 Å². The Morgan fingerprint density at radius 3 is 2.07 bits per heavy atom. The molecule has 0 aromatic heterocycles. The molecule has 15 heavy (non-hydrogen) atoms. The van der Waals surface area contributed by atoms with Crippen molar-refractivity contribution in [3.63, 3.8) is 0 Å². The van der Waals surface area contributed by atoms with Crippen molar-refractivity contribution >= 4 is 0 Å². The molecular weight excluding hydrogens is 186 g/mol. The minimum Gasteiger partial charge on any atom is -0.330 e. The number of unbranched alkanes of at least 4 members (excludes halogenated alkanes) is 1. The summed E-state index contributed by atoms with van der Waals surface area (Å²) in [7, 11) is 0. The number of nitrogens with zero attached hydrogens (tertiary/aromatic N) is 2. The first kappa shape index (κ1) is 12.9. The van der Waals surface area contributed by atoms with Gasteiger partial charge in [0.2, 0.25) is 0 Å². The van der Waals surface area contributed by atoms with Crippen molar-refractivity contribution < 1.29 is 0 Å². The fraction of sp³-hybridized carbons (Fsp3) is 1.00. The summed E-state index contributed by atoms with van der Waals surface area (Å²) < 4.78 is 0. The van der Waals surface area contributed by atoms with E-state index in [4.69, 9.17) is 5.73 Å². The van der Waals surface area contributed by atoms with E-state index >= 15 is 0 Å². The highest BCUT2D eigenvalue weighted by atomic mass is 15.3. The van der Waals surface area contributed by atoms with Crippen LogP contribution in [-0.4, -0.2) is 54.6 Å². The zero-order valence-electron chi connectivity index (χ0n) is 10.6. The lowest BCUT2D eigenvalue weighted by Gasteiger charge is -2.42. The lowest BCUT2D eigenvalue weighted by atomic mass is 10.0. The zero-order chi connectivity index (χ0) is 11.3. The molecule has 1 aliphatic rings. The van der Waals surface area contributed by atoms with Crippen LogP contribution in [0.5, 0.6) is 0 Å². The van der Waals surface area contributed by atoms with Crippen LogP contribution in [0, 0.1) is 0 Å². The number of rotatable bonds is 4. The highest BCUT2D eigenvalue weighted by Gasteiger charge is 2.25. The van der Waals surface area contributed by atoms with Gasteiger partial charge in [0.25, 0.3) is 0 Å². The number of piperazine rings is 1. The largest absolute Gasteiger partial charge is 0.330 e. The van der Waals surface area contributed by atoms with Crippen LogP contribution in [0.1, 0.15) is 33.6 Å². The van der Waals surface area contributed by atoms with Crippen molar-refractivity contribution in [2.75, 3.05) is 39.3 Å². The molecule has 2 N–H and O–H groups in total. The molecule has 1 saturated heterocycles. The molecule has 1 fully saturated rings. The van der Waals surface area contributed by atoms with Crippen LogP contribution in [0.3, 0.4) is 0 Å². The van der Waals surface area contributed by atoms with Crippen molar-refractivity contribution in [2.24, 2.45) is 5.73 Å². The van der Waals surface area contributed by atoms with Crippen LogP contribution in [-0.2, 0) is 0 Å². The Morgan fingerprint density at radius 2 is 1.60 bits per heavy atom. The van der Waals surface area contributed by atoms with E-state index in [0.717, 1.165) is 6.54 Å². The first-order valence-corrected chi connectivity index (χ1v) is 6.21. The molecule has 0 saturated carbocycles. The fourth-order valence-electron chi connectivity index (χ4n) is 2.12. The van der Waals surface area contributed by atoms with Gasteiger partial charge in [0.15, 0.2) is 0 Å².